The lowest BCUT2D eigenvalue weighted by molar-refractivity contribution is -0.136. The van der Waals surface area contributed by atoms with Gasteiger partial charge in [0.1, 0.15) is 34.8 Å². The van der Waals surface area contributed by atoms with Gasteiger partial charge in [0.15, 0.2) is 11.6 Å². The predicted octanol–water partition coefficient (Wildman–Crippen LogP) is 7.14. The fraction of sp³-hybridized carbons (Fsp3) is 0.429. The molecule has 4 atom stereocenters. The van der Waals surface area contributed by atoms with Crippen molar-refractivity contribution in [1.82, 2.24) is 40.4 Å². The van der Waals surface area contributed by atoms with Crippen LogP contribution < -0.4 is 10.6 Å². The van der Waals surface area contributed by atoms with Gasteiger partial charge in [-0.3, -0.25) is 9.59 Å². The summed E-state index contributed by atoms with van der Waals surface area (Å²) < 4.78 is 40.8. The van der Waals surface area contributed by atoms with Crippen LogP contribution in [0.1, 0.15) is 77.1 Å². The Labute approximate surface area is 334 Å². The molecule has 0 aliphatic carbocycles. The lowest BCUT2D eigenvalue weighted by Gasteiger charge is -2.29. The van der Waals surface area contributed by atoms with Gasteiger partial charge in [-0.25, -0.2) is 28.3 Å². The second-order valence-electron chi connectivity index (χ2n) is 15.6. The molecule has 14 nitrogen and oxygen atoms in total. The Bertz CT molecular complexity index is 2200. The van der Waals surface area contributed by atoms with Crippen molar-refractivity contribution in [3.8, 4) is 22.3 Å². The largest absolute Gasteiger partial charge is 0.453 e. The molecule has 2 aliphatic heterocycles. The van der Waals surface area contributed by atoms with E-state index in [9.17, 15) is 19.2 Å². The molecule has 58 heavy (non-hydrogen) atoms. The lowest BCUT2D eigenvalue weighted by atomic mass is 9.99. The molecule has 1 unspecified atom stereocenters. The second-order valence-corrected chi connectivity index (χ2v) is 15.6. The highest BCUT2D eigenvalue weighted by molar-refractivity contribution is 5.89. The molecule has 4 N–H and O–H groups in total. The molecule has 4 heterocycles. The van der Waals surface area contributed by atoms with E-state index in [1.807, 2.05) is 64.1 Å². The van der Waals surface area contributed by atoms with Crippen molar-refractivity contribution in [2.45, 2.75) is 77.5 Å². The van der Waals surface area contributed by atoms with E-state index in [1.54, 1.807) is 9.80 Å². The number of nitrogens with one attached hydrogen (secondary N) is 4. The van der Waals surface area contributed by atoms with E-state index in [2.05, 4.69) is 30.6 Å². The molecule has 16 heteroatoms. The smallest absolute Gasteiger partial charge is 0.407 e. The number of nitrogens with zero attached hydrogens (tertiary/aromatic N) is 4. The number of hydrogen-bond acceptors (Lipinski definition) is 8. The first-order valence-corrected chi connectivity index (χ1v) is 19.6. The Hall–Kier alpha value is -6.06. The Morgan fingerprint density at radius 3 is 1.38 bits per heavy atom. The van der Waals surface area contributed by atoms with E-state index in [1.165, 1.54) is 26.4 Å². The van der Waals surface area contributed by atoms with Crippen molar-refractivity contribution in [2.75, 3.05) is 27.3 Å². The molecular formula is C42H48F2N8O6. The number of benzene rings is 3. The minimum Gasteiger partial charge on any atom is -0.453 e. The van der Waals surface area contributed by atoms with Crippen LogP contribution in [0, 0.1) is 23.5 Å². The van der Waals surface area contributed by atoms with Crippen LogP contribution >= 0.6 is 0 Å². The quantitative estimate of drug-likeness (QED) is 0.115. The van der Waals surface area contributed by atoms with Gasteiger partial charge >= 0.3 is 12.2 Å². The number of likely N-dealkylation sites (tertiary alicyclic amines) is 2. The van der Waals surface area contributed by atoms with E-state index >= 15 is 8.78 Å². The minimum absolute atomic E-state index is 0.160. The average Bonchev–Trinajstić information content (AvgIpc) is 4.04. The second kappa shape index (κ2) is 16.4. The van der Waals surface area contributed by atoms with Crippen molar-refractivity contribution in [3.63, 3.8) is 0 Å². The normalized spacial score (nSPS) is 18.0. The van der Waals surface area contributed by atoms with Crippen molar-refractivity contribution in [1.29, 1.82) is 0 Å². The number of aromatic nitrogens is 4. The zero-order valence-corrected chi connectivity index (χ0v) is 33.3. The number of imidazole rings is 2. The molecule has 2 saturated heterocycles. The maximum atomic E-state index is 15.6. The zero-order chi connectivity index (χ0) is 41.4. The number of ether oxygens (including phenoxy) is 2. The Morgan fingerprint density at radius 1 is 0.655 bits per heavy atom. The number of carbonyl (C=O) groups is 4. The highest BCUT2D eigenvalue weighted by atomic mass is 19.1. The van der Waals surface area contributed by atoms with Crippen LogP contribution in [0.25, 0.3) is 44.3 Å². The summed E-state index contributed by atoms with van der Waals surface area (Å²) in [5, 5.41) is 5.28. The van der Waals surface area contributed by atoms with Crippen LogP contribution in [0.4, 0.5) is 18.4 Å². The monoisotopic (exact) mass is 798 g/mol. The molecule has 4 amide bonds. The summed E-state index contributed by atoms with van der Waals surface area (Å²) in [5.74, 6) is -0.997. The molecule has 3 aromatic carbocycles. The molecule has 0 bridgehead atoms. The molecule has 306 valence electrons. The topological polar surface area (TPSA) is 175 Å². The van der Waals surface area contributed by atoms with Crippen LogP contribution in [0.15, 0.2) is 48.5 Å². The number of methoxy groups -OCH3 is 2. The molecule has 0 spiro atoms. The maximum absolute atomic E-state index is 15.6. The number of amides is 4. The molecule has 5 aromatic rings. The number of rotatable bonds is 10. The average molecular weight is 799 g/mol. The minimum atomic E-state index is -0.791. The van der Waals surface area contributed by atoms with Crippen molar-refractivity contribution >= 4 is 46.1 Å². The fourth-order valence-corrected chi connectivity index (χ4v) is 8.08. The van der Waals surface area contributed by atoms with E-state index in [-0.39, 0.29) is 34.7 Å². The van der Waals surface area contributed by atoms with E-state index in [0.717, 1.165) is 24.0 Å². The van der Waals surface area contributed by atoms with Crippen LogP contribution in [0.3, 0.4) is 0 Å². The molecule has 0 radical (unpaired) electrons. The number of aromatic amines is 2. The summed E-state index contributed by atoms with van der Waals surface area (Å²) in [4.78, 5) is 70.2. The van der Waals surface area contributed by atoms with E-state index in [4.69, 9.17) is 9.47 Å². The fourth-order valence-electron chi connectivity index (χ4n) is 8.08. The standard InChI is InChI=1S/C42H48F2N8O6/c1-21(2)33(49-41(55)57-5)39(53)51-15-7-9-31(51)37-45-29-19-25(17-27(43)35(29)47-37)23-11-13-24(14-12-23)26-18-28(44)36-30(20-26)46-38(48-36)32-10-8-16-52(32)40(54)34(22(3)4)50-42(56)58-6/h11-14,17-22,31-34H,7-10,15-16H2,1-6H3,(H,45,47)(H,46,48)(H,49,55)(H,50,56)/t31-,32?,33-,34-/m0/s1. The number of hydrogen-bond donors (Lipinski definition) is 4. The van der Waals surface area contributed by atoms with Gasteiger partial charge in [-0.05, 0) is 84.0 Å². The van der Waals surface area contributed by atoms with Crippen molar-refractivity contribution in [2.24, 2.45) is 11.8 Å². The zero-order valence-electron chi connectivity index (χ0n) is 33.3. The Balaban J connectivity index is 1.10. The summed E-state index contributed by atoms with van der Waals surface area (Å²) in [6, 6.07) is 11.4. The maximum Gasteiger partial charge on any atom is 0.407 e. The van der Waals surface area contributed by atoms with Gasteiger partial charge in [0.05, 0.1) is 37.3 Å². The van der Waals surface area contributed by atoms with Crippen molar-refractivity contribution < 1.29 is 37.4 Å². The predicted molar refractivity (Wildman–Crippen MR) is 212 cm³/mol. The molecule has 2 aliphatic rings. The van der Waals surface area contributed by atoms with Crippen molar-refractivity contribution in [3.05, 3.63) is 71.8 Å². The number of fused-ring (bicyclic) bond motifs is 2. The summed E-state index contributed by atoms with van der Waals surface area (Å²) in [7, 11) is 2.49. The van der Waals surface area contributed by atoms with E-state index < -0.39 is 48.0 Å². The third kappa shape index (κ3) is 7.79. The van der Waals surface area contributed by atoms with Crippen LogP contribution in [-0.4, -0.2) is 93.1 Å². The van der Waals surface area contributed by atoms with Gasteiger partial charge in [0, 0.05) is 13.1 Å². The van der Waals surface area contributed by atoms with Gasteiger partial charge in [-0.1, -0.05) is 52.0 Å². The SMILES string of the molecule is COC(=O)N[C@H](C(=O)N1CCCC1c1nc2c(F)cc(-c3ccc(-c4cc(F)c5nc([C@@H]6CCCN6C(=O)[C@@H](NC(=O)OC)C(C)C)[nH]c5c4)cc3)cc2[nH]1)C(C)C. The number of alkyl carbamates (subject to hydrolysis) is 2. The van der Waals surface area contributed by atoms with Crippen LogP contribution in [0.5, 0.6) is 0 Å². The first kappa shape index (κ1) is 40.1. The molecule has 2 aromatic heterocycles. The summed E-state index contributed by atoms with van der Waals surface area (Å²) in [6.45, 7) is 8.32. The third-order valence-corrected chi connectivity index (χ3v) is 11.2. The Kier molecular flexibility index (Phi) is 11.4. The van der Waals surface area contributed by atoms with Gasteiger partial charge in [0.2, 0.25) is 11.8 Å². The number of halogens is 2. The lowest BCUT2D eigenvalue weighted by Crippen LogP contribution is -2.51. The summed E-state index contributed by atoms with van der Waals surface area (Å²) >= 11 is 0. The summed E-state index contributed by atoms with van der Waals surface area (Å²) in [6.07, 6.45) is 1.33. The molecular weight excluding hydrogens is 751 g/mol. The molecule has 2 fully saturated rings. The third-order valence-electron chi connectivity index (χ3n) is 11.2. The summed E-state index contributed by atoms with van der Waals surface area (Å²) in [5.41, 5.74) is 3.93. The van der Waals surface area contributed by atoms with E-state index in [0.29, 0.717) is 59.7 Å². The van der Waals surface area contributed by atoms with Gasteiger partial charge < -0.3 is 39.9 Å². The number of H-pyrrole nitrogens is 2. The molecule has 0 saturated carbocycles. The first-order valence-electron chi connectivity index (χ1n) is 19.6. The highest BCUT2D eigenvalue weighted by Crippen LogP contribution is 2.37. The first-order chi connectivity index (χ1) is 27.8. The van der Waals surface area contributed by atoms with Gasteiger partial charge in [0.25, 0.3) is 0 Å². The van der Waals surface area contributed by atoms with Gasteiger partial charge in [-0.2, -0.15) is 0 Å². The molecule has 7 rings (SSSR count). The Morgan fingerprint density at radius 2 is 1.03 bits per heavy atom. The van der Waals surface area contributed by atoms with Crippen LogP contribution in [-0.2, 0) is 19.1 Å². The highest BCUT2D eigenvalue weighted by Gasteiger charge is 2.39. The number of carbonyl (C=O) groups excluding carboxylic acids is 4. The van der Waals surface area contributed by atoms with Gasteiger partial charge in [-0.15, -0.1) is 0 Å². The van der Waals surface area contributed by atoms with Crippen LogP contribution in [0.2, 0.25) is 0 Å².